The molecular formula is C15H23N3O3. The molecule has 116 valence electrons. The van der Waals surface area contributed by atoms with Crippen LogP contribution in [0.4, 0.5) is 10.5 Å². The topological polar surface area (TPSA) is 70.7 Å². The minimum atomic E-state index is -0.538. The predicted octanol–water partition coefficient (Wildman–Crippen LogP) is 2.07. The Labute approximate surface area is 125 Å². The number of nitrogens with zero attached hydrogens (tertiary/aromatic N) is 1. The van der Waals surface area contributed by atoms with Crippen LogP contribution in [-0.4, -0.2) is 43.6 Å². The molecule has 0 aliphatic rings. The molecule has 0 saturated carbocycles. The zero-order chi connectivity index (χ0) is 15.8. The molecule has 0 aromatic heterocycles. The van der Waals surface area contributed by atoms with E-state index < -0.39 is 6.03 Å². The van der Waals surface area contributed by atoms with E-state index in [0.717, 1.165) is 5.75 Å². The predicted molar refractivity (Wildman–Crippen MR) is 82.5 cm³/mol. The average Bonchev–Trinajstić information content (AvgIpc) is 2.41. The van der Waals surface area contributed by atoms with E-state index in [-0.39, 0.29) is 11.9 Å². The van der Waals surface area contributed by atoms with Crippen molar-refractivity contribution in [2.24, 2.45) is 0 Å². The average molecular weight is 293 g/mol. The minimum absolute atomic E-state index is 0.314. The molecule has 1 aromatic rings. The first-order chi connectivity index (χ1) is 9.97. The van der Waals surface area contributed by atoms with Crippen LogP contribution in [0.25, 0.3) is 0 Å². The molecule has 0 spiro atoms. The van der Waals surface area contributed by atoms with Crippen molar-refractivity contribution in [3.8, 4) is 5.75 Å². The first-order valence-corrected chi connectivity index (χ1v) is 6.99. The molecule has 0 saturated heterocycles. The number of carbonyl (C=O) groups excluding carboxylic acids is 2. The second-order valence-corrected chi connectivity index (χ2v) is 4.79. The lowest BCUT2D eigenvalue weighted by molar-refractivity contribution is -0.124. The Balaban J connectivity index is 2.55. The van der Waals surface area contributed by atoms with Crippen LogP contribution in [0.15, 0.2) is 24.3 Å². The number of amides is 3. The summed E-state index contributed by atoms with van der Waals surface area (Å²) >= 11 is 0. The molecule has 0 radical (unpaired) electrons. The van der Waals surface area contributed by atoms with Gasteiger partial charge < -0.3 is 10.1 Å². The van der Waals surface area contributed by atoms with Crippen LogP contribution in [0, 0.1) is 0 Å². The number of carbonyl (C=O) groups is 2. The maximum absolute atomic E-state index is 11.9. The van der Waals surface area contributed by atoms with E-state index >= 15 is 0 Å². The molecule has 21 heavy (non-hydrogen) atoms. The van der Waals surface area contributed by atoms with E-state index in [1.165, 1.54) is 0 Å². The number of urea groups is 1. The maximum atomic E-state index is 11.9. The molecule has 6 nitrogen and oxygen atoms in total. The SMILES string of the molecule is CCOc1ccc(NC(=O)NC(=O)C(CC)N(C)C)cc1. The van der Waals surface area contributed by atoms with Gasteiger partial charge in [-0.15, -0.1) is 0 Å². The summed E-state index contributed by atoms with van der Waals surface area (Å²) in [5.41, 5.74) is 0.599. The highest BCUT2D eigenvalue weighted by Crippen LogP contribution is 2.15. The van der Waals surface area contributed by atoms with Crippen molar-refractivity contribution in [3.05, 3.63) is 24.3 Å². The second-order valence-electron chi connectivity index (χ2n) is 4.79. The third-order valence-electron chi connectivity index (χ3n) is 2.97. The van der Waals surface area contributed by atoms with Crippen molar-refractivity contribution in [1.29, 1.82) is 0 Å². The van der Waals surface area contributed by atoms with Crippen LogP contribution >= 0.6 is 0 Å². The highest BCUT2D eigenvalue weighted by atomic mass is 16.5. The number of nitrogens with one attached hydrogen (secondary N) is 2. The molecule has 3 amide bonds. The molecule has 1 aromatic carbocycles. The summed E-state index contributed by atoms with van der Waals surface area (Å²) in [6.45, 7) is 4.39. The Bertz CT molecular complexity index is 472. The molecule has 1 unspecified atom stereocenters. The fourth-order valence-electron chi connectivity index (χ4n) is 1.94. The van der Waals surface area contributed by atoms with Gasteiger partial charge in [0.15, 0.2) is 0 Å². The smallest absolute Gasteiger partial charge is 0.325 e. The Morgan fingerprint density at radius 2 is 1.81 bits per heavy atom. The van der Waals surface area contributed by atoms with Gasteiger partial charge in [0.2, 0.25) is 5.91 Å². The Morgan fingerprint density at radius 3 is 2.29 bits per heavy atom. The summed E-state index contributed by atoms with van der Waals surface area (Å²) < 4.78 is 5.31. The summed E-state index contributed by atoms with van der Waals surface area (Å²) in [6.07, 6.45) is 0.634. The molecular weight excluding hydrogens is 270 g/mol. The first kappa shape index (κ1) is 17.0. The minimum Gasteiger partial charge on any atom is -0.494 e. The van der Waals surface area contributed by atoms with Gasteiger partial charge in [0.1, 0.15) is 5.75 Å². The maximum Gasteiger partial charge on any atom is 0.325 e. The van der Waals surface area contributed by atoms with E-state index in [0.29, 0.717) is 18.7 Å². The quantitative estimate of drug-likeness (QED) is 0.842. The summed E-state index contributed by atoms with van der Waals surface area (Å²) in [4.78, 5) is 25.5. The third-order valence-corrected chi connectivity index (χ3v) is 2.97. The van der Waals surface area contributed by atoms with E-state index in [1.807, 2.05) is 13.8 Å². The first-order valence-electron chi connectivity index (χ1n) is 6.99. The molecule has 6 heteroatoms. The van der Waals surface area contributed by atoms with Gasteiger partial charge in [-0.1, -0.05) is 6.92 Å². The van der Waals surface area contributed by atoms with Crippen LogP contribution in [0.3, 0.4) is 0 Å². The molecule has 0 fully saturated rings. The molecule has 1 atom stereocenters. The van der Waals surface area contributed by atoms with Crippen LogP contribution in [0.5, 0.6) is 5.75 Å². The van der Waals surface area contributed by atoms with Gasteiger partial charge in [0.05, 0.1) is 12.6 Å². The van der Waals surface area contributed by atoms with Crippen molar-refractivity contribution >= 4 is 17.6 Å². The fourth-order valence-corrected chi connectivity index (χ4v) is 1.94. The van der Waals surface area contributed by atoms with E-state index in [9.17, 15) is 9.59 Å². The molecule has 0 heterocycles. The monoisotopic (exact) mass is 293 g/mol. The Hall–Kier alpha value is -2.08. The van der Waals surface area contributed by atoms with Gasteiger partial charge in [-0.2, -0.15) is 0 Å². The van der Waals surface area contributed by atoms with E-state index in [4.69, 9.17) is 4.74 Å². The third kappa shape index (κ3) is 5.43. The fraction of sp³-hybridized carbons (Fsp3) is 0.467. The standard InChI is InChI=1S/C15H23N3O3/c1-5-13(18(3)4)14(19)17-15(20)16-11-7-9-12(10-8-11)21-6-2/h7-10,13H,5-6H2,1-4H3,(H2,16,17,19,20). The van der Waals surface area contributed by atoms with Gasteiger partial charge in [0, 0.05) is 5.69 Å². The molecule has 0 aliphatic carbocycles. The molecule has 0 aliphatic heterocycles. The normalized spacial score (nSPS) is 11.9. The molecule has 0 bridgehead atoms. The van der Waals surface area contributed by atoms with Gasteiger partial charge in [-0.05, 0) is 51.7 Å². The number of rotatable bonds is 6. The Morgan fingerprint density at radius 1 is 1.19 bits per heavy atom. The van der Waals surface area contributed by atoms with Gasteiger partial charge in [-0.25, -0.2) is 4.79 Å². The van der Waals surface area contributed by atoms with Crippen molar-refractivity contribution in [3.63, 3.8) is 0 Å². The number of hydrogen-bond donors (Lipinski definition) is 2. The Kier molecular flexibility index (Phi) is 6.68. The zero-order valence-corrected chi connectivity index (χ0v) is 13.0. The van der Waals surface area contributed by atoms with Crippen molar-refractivity contribution < 1.29 is 14.3 Å². The lowest BCUT2D eigenvalue weighted by Gasteiger charge is -2.21. The summed E-state index contributed by atoms with van der Waals surface area (Å²) in [6, 6.07) is 6.10. The summed E-state index contributed by atoms with van der Waals surface area (Å²) in [7, 11) is 3.61. The zero-order valence-electron chi connectivity index (χ0n) is 13.0. The number of hydrogen-bond acceptors (Lipinski definition) is 4. The highest BCUT2D eigenvalue weighted by Gasteiger charge is 2.20. The largest absolute Gasteiger partial charge is 0.494 e. The number of anilines is 1. The lowest BCUT2D eigenvalue weighted by atomic mass is 10.2. The lowest BCUT2D eigenvalue weighted by Crippen LogP contribution is -2.46. The van der Waals surface area contributed by atoms with Crippen LogP contribution in [-0.2, 0) is 4.79 Å². The van der Waals surface area contributed by atoms with Crippen LogP contribution in [0.1, 0.15) is 20.3 Å². The number of likely N-dealkylation sites (N-methyl/N-ethyl adjacent to an activating group) is 1. The van der Waals surface area contributed by atoms with Gasteiger partial charge in [-0.3, -0.25) is 15.0 Å². The summed E-state index contributed by atoms with van der Waals surface area (Å²) in [5.74, 6) is 0.420. The summed E-state index contributed by atoms with van der Waals surface area (Å²) in [5, 5.41) is 4.95. The number of ether oxygens (including phenoxy) is 1. The van der Waals surface area contributed by atoms with Crippen molar-refractivity contribution in [1.82, 2.24) is 10.2 Å². The molecule has 2 N–H and O–H groups in total. The van der Waals surface area contributed by atoms with Gasteiger partial charge >= 0.3 is 6.03 Å². The van der Waals surface area contributed by atoms with Crippen LogP contribution in [0.2, 0.25) is 0 Å². The van der Waals surface area contributed by atoms with Crippen LogP contribution < -0.4 is 15.4 Å². The number of benzene rings is 1. The molecule has 1 rings (SSSR count). The van der Waals surface area contributed by atoms with E-state index in [1.54, 1.807) is 43.3 Å². The highest BCUT2D eigenvalue weighted by molar-refractivity contribution is 6.02. The second kappa shape index (κ2) is 8.26. The van der Waals surface area contributed by atoms with Crippen molar-refractivity contribution in [2.75, 3.05) is 26.0 Å². The number of imide groups is 1. The van der Waals surface area contributed by atoms with Crippen molar-refractivity contribution in [2.45, 2.75) is 26.3 Å². The van der Waals surface area contributed by atoms with Gasteiger partial charge in [0.25, 0.3) is 0 Å². The van der Waals surface area contributed by atoms with E-state index in [2.05, 4.69) is 10.6 Å².